The normalized spacial score (nSPS) is 16.4. The summed E-state index contributed by atoms with van der Waals surface area (Å²) in [6.07, 6.45) is 1.63. The molecular formula is C20H32IN3O3. The van der Waals surface area contributed by atoms with E-state index < -0.39 is 6.10 Å². The Kier molecular flexibility index (Phi) is 11.3. The van der Waals surface area contributed by atoms with Crippen LogP contribution in [0.4, 0.5) is 0 Å². The van der Waals surface area contributed by atoms with E-state index in [0.717, 1.165) is 44.0 Å². The second-order valence-corrected chi connectivity index (χ2v) is 6.55. The van der Waals surface area contributed by atoms with Crippen molar-refractivity contribution in [3.8, 4) is 0 Å². The average Bonchev–Trinajstić information content (AvgIpc) is 2.66. The van der Waals surface area contributed by atoms with Gasteiger partial charge >= 0.3 is 5.97 Å². The Hall–Kier alpha value is -1.35. The first-order chi connectivity index (χ1) is 12.6. The Morgan fingerprint density at radius 1 is 1.30 bits per heavy atom. The minimum atomic E-state index is -0.511. The summed E-state index contributed by atoms with van der Waals surface area (Å²) < 4.78 is 5.12. The summed E-state index contributed by atoms with van der Waals surface area (Å²) in [5, 5.41) is 13.6. The zero-order valence-corrected chi connectivity index (χ0v) is 18.6. The Bertz CT molecular complexity index is 575. The number of halogens is 1. The molecule has 7 heteroatoms. The number of nitrogens with one attached hydrogen (secondary N) is 1. The van der Waals surface area contributed by atoms with Crippen LogP contribution < -0.4 is 5.32 Å². The van der Waals surface area contributed by atoms with E-state index in [0.29, 0.717) is 19.6 Å². The Morgan fingerprint density at radius 2 is 1.96 bits per heavy atom. The van der Waals surface area contributed by atoms with E-state index in [1.807, 2.05) is 44.2 Å². The van der Waals surface area contributed by atoms with Gasteiger partial charge in [0.1, 0.15) is 0 Å². The lowest BCUT2D eigenvalue weighted by Crippen LogP contribution is -2.47. The van der Waals surface area contributed by atoms with Gasteiger partial charge in [-0.25, -0.2) is 0 Å². The summed E-state index contributed by atoms with van der Waals surface area (Å²) in [6.45, 7) is 6.96. The molecule has 152 valence electrons. The van der Waals surface area contributed by atoms with Crippen molar-refractivity contribution in [3.05, 3.63) is 35.9 Å². The molecule has 0 bridgehead atoms. The summed E-state index contributed by atoms with van der Waals surface area (Å²) >= 11 is 0. The van der Waals surface area contributed by atoms with Crippen LogP contribution in [0.25, 0.3) is 0 Å². The lowest BCUT2D eigenvalue weighted by atomic mass is 9.97. The second-order valence-electron chi connectivity index (χ2n) is 6.55. The first-order valence-corrected chi connectivity index (χ1v) is 9.55. The Labute approximate surface area is 179 Å². The number of carbonyl (C=O) groups excluding carboxylic acids is 1. The van der Waals surface area contributed by atoms with Crippen LogP contribution in [0.1, 0.15) is 32.3 Å². The fourth-order valence-corrected chi connectivity index (χ4v) is 3.16. The van der Waals surface area contributed by atoms with Crippen LogP contribution in [0.3, 0.4) is 0 Å². The first kappa shape index (κ1) is 23.7. The lowest BCUT2D eigenvalue weighted by Gasteiger charge is -2.33. The molecule has 2 rings (SSSR count). The van der Waals surface area contributed by atoms with Gasteiger partial charge in [-0.2, -0.15) is 0 Å². The van der Waals surface area contributed by atoms with E-state index in [2.05, 4.69) is 15.2 Å². The van der Waals surface area contributed by atoms with Crippen molar-refractivity contribution in [2.24, 2.45) is 10.9 Å². The zero-order valence-electron chi connectivity index (χ0n) is 16.3. The molecule has 1 saturated heterocycles. The van der Waals surface area contributed by atoms with E-state index in [9.17, 15) is 9.90 Å². The molecule has 6 nitrogen and oxygen atoms in total. The van der Waals surface area contributed by atoms with Gasteiger partial charge in [0, 0.05) is 26.1 Å². The number of ether oxygens (including phenoxy) is 1. The van der Waals surface area contributed by atoms with Crippen LogP contribution in [-0.4, -0.2) is 60.8 Å². The smallest absolute Gasteiger partial charge is 0.309 e. The number of guanidine groups is 1. The quantitative estimate of drug-likeness (QED) is 0.267. The van der Waals surface area contributed by atoms with Gasteiger partial charge in [0.25, 0.3) is 0 Å². The maximum Gasteiger partial charge on any atom is 0.309 e. The molecule has 0 radical (unpaired) electrons. The standard InChI is InChI=1S/C20H31N3O3.HI/c1-3-21-20(22-15-18(24)14-16-8-6-5-7-9-16)23-12-10-17(11-13-23)19(25)26-4-2;/h5-9,17-18,24H,3-4,10-15H2,1-2H3,(H,21,22);1H. The van der Waals surface area contributed by atoms with Crippen molar-refractivity contribution in [3.63, 3.8) is 0 Å². The third-order valence-electron chi connectivity index (χ3n) is 4.52. The molecule has 1 aliphatic rings. The highest BCUT2D eigenvalue weighted by atomic mass is 127. The molecule has 0 amide bonds. The summed E-state index contributed by atoms with van der Waals surface area (Å²) in [4.78, 5) is 18.6. The van der Waals surface area contributed by atoms with Gasteiger partial charge in [0.2, 0.25) is 0 Å². The highest BCUT2D eigenvalue weighted by Crippen LogP contribution is 2.18. The van der Waals surface area contributed by atoms with Gasteiger partial charge in [0.05, 0.1) is 25.2 Å². The topological polar surface area (TPSA) is 74.2 Å². The molecule has 1 aromatic rings. The fraction of sp³-hybridized carbons (Fsp3) is 0.600. The molecule has 1 atom stereocenters. The maximum absolute atomic E-state index is 11.9. The number of benzene rings is 1. The Balaban J connectivity index is 0.00000364. The van der Waals surface area contributed by atoms with E-state index in [1.54, 1.807) is 0 Å². The van der Waals surface area contributed by atoms with Crippen molar-refractivity contribution in [2.75, 3.05) is 32.8 Å². The van der Waals surface area contributed by atoms with Crippen LogP contribution in [0.2, 0.25) is 0 Å². The molecule has 0 aromatic heterocycles. The van der Waals surface area contributed by atoms with Crippen molar-refractivity contribution >= 4 is 35.9 Å². The molecule has 1 fully saturated rings. The lowest BCUT2D eigenvalue weighted by molar-refractivity contribution is -0.149. The van der Waals surface area contributed by atoms with E-state index >= 15 is 0 Å². The zero-order chi connectivity index (χ0) is 18.8. The number of likely N-dealkylation sites (tertiary alicyclic amines) is 1. The monoisotopic (exact) mass is 489 g/mol. The number of aliphatic hydroxyl groups excluding tert-OH is 1. The number of hydrogen-bond donors (Lipinski definition) is 2. The second kappa shape index (κ2) is 12.9. The van der Waals surface area contributed by atoms with Gasteiger partial charge in [-0.3, -0.25) is 9.79 Å². The van der Waals surface area contributed by atoms with Crippen molar-refractivity contribution in [1.82, 2.24) is 10.2 Å². The van der Waals surface area contributed by atoms with Crippen LogP contribution in [0, 0.1) is 5.92 Å². The molecule has 1 aromatic carbocycles. The minimum absolute atomic E-state index is 0. The minimum Gasteiger partial charge on any atom is -0.466 e. The molecule has 1 unspecified atom stereocenters. The molecule has 27 heavy (non-hydrogen) atoms. The molecule has 0 spiro atoms. The largest absolute Gasteiger partial charge is 0.466 e. The van der Waals surface area contributed by atoms with Gasteiger partial charge in [-0.15, -0.1) is 24.0 Å². The highest BCUT2D eigenvalue weighted by molar-refractivity contribution is 14.0. The predicted molar refractivity (Wildman–Crippen MR) is 118 cm³/mol. The SMILES string of the molecule is CCNC(=NCC(O)Cc1ccccc1)N1CCC(C(=O)OCC)CC1.I. The third-order valence-corrected chi connectivity index (χ3v) is 4.52. The molecule has 1 heterocycles. The fourth-order valence-electron chi connectivity index (χ4n) is 3.16. The number of esters is 1. The van der Waals surface area contributed by atoms with E-state index in [1.165, 1.54) is 0 Å². The molecule has 2 N–H and O–H groups in total. The third kappa shape index (κ3) is 8.04. The summed E-state index contributed by atoms with van der Waals surface area (Å²) in [5.74, 6) is 0.701. The van der Waals surface area contributed by atoms with E-state index in [-0.39, 0.29) is 35.9 Å². The van der Waals surface area contributed by atoms with Crippen LogP contribution >= 0.6 is 24.0 Å². The first-order valence-electron chi connectivity index (χ1n) is 9.55. The van der Waals surface area contributed by atoms with Gasteiger partial charge in [0.15, 0.2) is 5.96 Å². The van der Waals surface area contributed by atoms with Crippen molar-refractivity contribution in [2.45, 2.75) is 39.2 Å². The molecular weight excluding hydrogens is 457 g/mol. The van der Waals surface area contributed by atoms with Crippen LogP contribution in [0.15, 0.2) is 35.3 Å². The average molecular weight is 489 g/mol. The summed E-state index contributed by atoms with van der Waals surface area (Å²) in [5.41, 5.74) is 1.11. The summed E-state index contributed by atoms with van der Waals surface area (Å²) in [7, 11) is 0. The number of aliphatic hydroxyl groups is 1. The maximum atomic E-state index is 11.9. The van der Waals surface area contributed by atoms with Gasteiger partial charge in [-0.05, 0) is 32.3 Å². The number of aliphatic imine (C=N–C) groups is 1. The molecule has 0 saturated carbocycles. The number of rotatable bonds is 7. The van der Waals surface area contributed by atoms with Crippen molar-refractivity contribution < 1.29 is 14.6 Å². The predicted octanol–water partition coefficient (Wildman–Crippen LogP) is 2.45. The van der Waals surface area contributed by atoms with Crippen LogP contribution in [0.5, 0.6) is 0 Å². The van der Waals surface area contributed by atoms with Crippen LogP contribution in [-0.2, 0) is 16.0 Å². The Morgan fingerprint density at radius 3 is 2.56 bits per heavy atom. The molecule has 0 aliphatic carbocycles. The number of nitrogens with zero attached hydrogens (tertiary/aromatic N) is 2. The highest BCUT2D eigenvalue weighted by Gasteiger charge is 2.27. The number of piperidine rings is 1. The van der Waals surface area contributed by atoms with Gasteiger partial charge in [-0.1, -0.05) is 30.3 Å². The number of hydrogen-bond acceptors (Lipinski definition) is 4. The summed E-state index contributed by atoms with van der Waals surface area (Å²) in [6, 6.07) is 9.94. The van der Waals surface area contributed by atoms with Gasteiger partial charge < -0.3 is 20.1 Å². The van der Waals surface area contributed by atoms with Crippen molar-refractivity contribution in [1.29, 1.82) is 0 Å². The van der Waals surface area contributed by atoms with E-state index in [4.69, 9.17) is 4.74 Å². The number of carbonyl (C=O) groups is 1. The molecule has 1 aliphatic heterocycles.